The molecule has 1 aromatic heterocycles. The third-order valence-corrected chi connectivity index (χ3v) is 6.82. The Morgan fingerprint density at radius 2 is 1.83 bits per heavy atom. The summed E-state index contributed by atoms with van der Waals surface area (Å²) in [5.74, 6) is 2.60. The number of carbonyl (C=O) groups is 1. The third kappa shape index (κ3) is 4.83. The number of hydrogen-bond acceptors (Lipinski definition) is 6. The minimum absolute atomic E-state index is 0. The van der Waals surface area contributed by atoms with Crippen LogP contribution in [0.25, 0.3) is 22.0 Å². The van der Waals surface area contributed by atoms with Gasteiger partial charge >= 0.3 is 5.97 Å². The lowest BCUT2D eigenvalue weighted by molar-refractivity contribution is -0.686. The van der Waals surface area contributed by atoms with Gasteiger partial charge in [-0.05, 0) is 36.2 Å². The number of rotatable bonds is 9. The van der Waals surface area contributed by atoms with Crippen LogP contribution >= 0.6 is 0 Å². The second-order valence-corrected chi connectivity index (χ2v) is 8.98. The Morgan fingerprint density at radius 3 is 2.58 bits per heavy atom. The van der Waals surface area contributed by atoms with Gasteiger partial charge in [-0.15, -0.1) is 0 Å². The van der Waals surface area contributed by atoms with E-state index in [9.17, 15) is 4.79 Å². The summed E-state index contributed by atoms with van der Waals surface area (Å²) in [6.07, 6.45) is 7.38. The van der Waals surface area contributed by atoms with Crippen molar-refractivity contribution in [2.45, 2.75) is 52.0 Å². The van der Waals surface area contributed by atoms with Crippen LogP contribution in [-0.2, 0) is 28.9 Å². The average molecular weight is 558 g/mol. The van der Waals surface area contributed by atoms with Crippen molar-refractivity contribution in [2.75, 3.05) is 27.6 Å². The molecule has 0 unspecified atom stereocenters. The van der Waals surface area contributed by atoms with Crippen LogP contribution in [0.5, 0.6) is 23.0 Å². The Hall–Kier alpha value is -3.00. The lowest BCUT2D eigenvalue weighted by atomic mass is 9.90. The molecule has 7 nitrogen and oxygen atoms in total. The lowest BCUT2D eigenvalue weighted by Crippen LogP contribution is -3.00. The predicted octanol–water partition coefficient (Wildman–Crippen LogP) is 1.77. The number of ether oxygens (including phenoxy) is 5. The molecule has 2 aliphatic heterocycles. The van der Waals surface area contributed by atoms with E-state index in [4.69, 9.17) is 23.7 Å². The normalized spacial score (nSPS) is 13.0. The summed E-state index contributed by atoms with van der Waals surface area (Å²) in [4.78, 5) is 13.0. The van der Waals surface area contributed by atoms with Crippen molar-refractivity contribution in [3.8, 4) is 34.3 Å². The van der Waals surface area contributed by atoms with Crippen LogP contribution in [0, 0.1) is 0 Å². The van der Waals surface area contributed by atoms with Crippen LogP contribution < -0.4 is 40.5 Å². The maximum absolute atomic E-state index is 13.0. The number of aromatic nitrogens is 1. The van der Waals surface area contributed by atoms with Gasteiger partial charge in [-0.1, -0.05) is 26.2 Å². The van der Waals surface area contributed by atoms with Gasteiger partial charge in [-0.2, -0.15) is 4.57 Å². The molecule has 0 spiro atoms. The molecule has 8 heteroatoms. The number of halogens is 1. The molecule has 36 heavy (non-hydrogen) atoms. The molecular formula is C28H32BrNO6. The molecule has 2 aromatic carbocycles. The maximum Gasteiger partial charge on any atom is 0.310 e. The van der Waals surface area contributed by atoms with Crippen molar-refractivity contribution in [3.05, 3.63) is 41.6 Å². The summed E-state index contributed by atoms with van der Waals surface area (Å²) in [5.41, 5.74) is 4.17. The molecule has 0 saturated heterocycles. The van der Waals surface area contributed by atoms with Crippen molar-refractivity contribution >= 4 is 16.7 Å². The first-order chi connectivity index (χ1) is 17.1. The van der Waals surface area contributed by atoms with Gasteiger partial charge in [-0.3, -0.25) is 4.79 Å². The number of unbranched alkanes of at least 4 members (excludes halogenated alkanes) is 3. The third-order valence-electron chi connectivity index (χ3n) is 6.82. The maximum atomic E-state index is 13.0. The van der Waals surface area contributed by atoms with Gasteiger partial charge in [-0.25, -0.2) is 0 Å². The predicted molar refractivity (Wildman–Crippen MR) is 131 cm³/mol. The number of pyridine rings is 1. The van der Waals surface area contributed by atoms with Gasteiger partial charge in [0.15, 0.2) is 35.7 Å². The van der Waals surface area contributed by atoms with Gasteiger partial charge in [0.1, 0.15) is 0 Å². The van der Waals surface area contributed by atoms with E-state index in [-0.39, 0.29) is 36.2 Å². The number of benzene rings is 2. The summed E-state index contributed by atoms with van der Waals surface area (Å²) < 4.78 is 30.4. The quantitative estimate of drug-likeness (QED) is 0.227. The van der Waals surface area contributed by atoms with E-state index in [1.54, 1.807) is 14.2 Å². The Kier molecular flexibility index (Phi) is 8.24. The molecule has 3 heterocycles. The van der Waals surface area contributed by atoms with E-state index < -0.39 is 0 Å². The lowest BCUT2D eigenvalue weighted by Gasteiger charge is -2.20. The average Bonchev–Trinajstić information content (AvgIpc) is 3.33. The largest absolute Gasteiger partial charge is 1.00 e. The molecule has 0 saturated carbocycles. The van der Waals surface area contributed by atoms with E-state index >= 15 is 0 Å². The zero-order chi connectivity index (χ0) is 24.4. The molecule has 0 N–H and O–H groups in total. The number of nitrogens with zero attached hydrogens (tertiary/aromatic N) is 1. The highest BCUT2D eigenvalue weighted by Crippen LogP contribution is 2.43. The van der Waals surface area contributed by atoms with Crippen LogP contribution in [0.3, 0.4) is 0 Å². The van der Waals surface area contributed by atoms with E-state index in [1.807, 2.05) is 18.2 Å². The molecule has 0 bridgehead atoms. The van der Waals surface area contributed by atoms with E-state index in [2.05, 4.69) is 23.8 Å². The molecular weight excluding hydrogens is 526 g/mol. The van der Waals surface area contributed by atoms with Gasteiger partial charge in [0.05, 0.1) is 38.2 Å². The Morgan fingerprint density at radius 1 is 1.03 bits per heavy atom. The van der Waals surface area contributed by atoms with Crippen LogP contribution in [0.15, 0.2) is 30.5 Å². The zero-order valence-electron chi connectivity index (χ0n) is 21.0. The number of methoxy groups -OCH3 is 2. The fourth-order valence-corrected chi connectivity index (χ4v) is 5.10. The van der Waals surface area contributed by atoms with Crippen LogP contribution in [-0.4, -0.2) is 33.6 Å². The Labute approximate surface area is 222 Å². The Balaban J connectivity index is 0.00000304. The fraction of sp³-hybridized carbons (Fsp3) is 0.429. The summed E-state index contributed by atoms with van der Waals surface area (Å²) in [7, 11) is 3.27. The van der Waals surface area contributed by atoms with E-state index in [0.717, 1.165) is 77.7 Å². The first-order valence-corrected chi connectivity index (χ1v) is 12.3. The molecule has 2 aliphatic rings. The van der Waals surface area contributed by atoms with Crippen LogP contribution in [0.2, 0.25) is 0 Å². The Bertz CT molecular complexity index is 1280. The van der Waals surface area contributed by atoms with Crippen molar-refractivity contribution in [3.63, 3.8) is 0 Å². The number of esters is 1. The number of carbonyl (C=O) groups excluding carboxylic acids is 1. The molecule has 0 fully saturated rings. The van der Waals surface area contributed by atoms with Crippen LogP contribution in [0.1, 0.15) is 43.7 Å². The summed E-state index contributed by atoms with van der Waals surface area (Å²) in [6, 6.07) is 7.99. The molecule has 3 aromatic rings. The minimum atomic E-state index is -0.223. The van der Waals surface area contributed by atoms with Crippen molar-refractivity contribution in [1.82, 2.24) is 0 Å². The summed E-state index contributed by atoms with van der Waals surface area (Å²) in [5, 5.41) is 1.85. The first-order valence-electron chi connectivity index (χ1n) is 12.3. The monoisotopic (exact) mass is 557 g/mol. The summed E-state index contributed by atoms with van der Waals surface area (Å²) in [6.45, 7) is 3.62. The van der Waals surface area contributed by atoms with Gasteiger partial charge in [0, 0.05) is 17.4 Å². The zero-order valence-corrected chi connectivity index (χ0v) is 22.6. The topological polar surface area (TPSA) is 67.1 Å². The number of fused-ring (bicyclic) bond motifs is 5. The van der Waals surface area contributed by atoms with Gasteiger partial charge in [0.2, 0.25) is 12.5 Å². The molecule has 0 atom stereocenters. The smallest absolute Gasteiger partial charge is 0.310 e. The van der Waals surface area contributed by atoms with Gasteiger partial charge < -0.3 is 40.7 Å². The van der Waals surface area contributed by atoms with E-state index in [1.165, 1.54) is 5.56 Å². The van der Waals surface area contributed by atoms with Crippen LogP contribution in [0.4, 0.5) is 0 Å². The van der Waals surface area contributed by atoms with E-state index in [0.29, 0.717) is 18.1 Å². The molecule has 0 radical (unpaired) electrons. The molecule has 5 rings (SSSR count). The molecule has 192 valence electrons. The van der Waals surface area contributed by atoms with Crippen molar-refractivity contribution in [1.29, 1.82) is 0 Å². The highest BCUT2D eigenvalue weighted by Gasteiger charge is 2.33. The fourth-order valence-electron chi connectivity index (χ4n) is 5.10. The van der Waals surface area contributed by atoms with Crippen molar-refractivity contribution in [2.24, 2.45) is 0 Å². The highest BCUT2D eigenvalue weighted by molar-refractivity contribution is 5.97. The SMILES string of the molecule is CCCCCCOC(=O)Cc1c2[n+](cc3c(OC)c(OC)ccc13)CCc1cc3c(cc1-2)OCO3.[Br-]. The standard InChI is InChI=1S/C28H32NO6.BrH/c1-4-5-6-7-12-33-26(30)15-21-19-8-9-23(31-2)28(32-3)22(19)16-29-11-10-18-13-24-25(35-17-34-24)14-20(18)27(21)29;/h8-9,13-14,16H,4-7,10-12,15,17H2,1-3H3;1H/q+1;/p-1. The minimum Gasteiger partial charge on any atom is -1.00 e. The highest BCUT2D eigenvalue weighted by atomic mass is 79.9. The van der Waals surface area contributed by atoms with Crippen molar-refractivity contribution < 1.29 is 50.0 Å². The second-order valence-electron chi connectivity index (χ2n) is 8.98. The van der Waals surface area contributed by atoms with Gasteiger partial charge in [0.25, 0.3) is 0 Å². The number of hydrogen-bond donors (Lipinski definition) is 0. The second kappa shape index (κ2) is 11.4. The first kappa shape index (κ1) is 26.1. The number of aryl methyl sites for hydroxylation is 2. The summed E-state index contributed by atoms with van der Waals surface area (Å²) >= 11 is 0. The molecule has 0 aliphatic carbocycles. The molecule has 0 amide bonds.